The fraction of sp³-hybridized carbons (Fsp3) is 0.409. The molecule has 5 aliphatic rings. The number of nitrogens with zero attached hydrogens (tertiary/aromatic N) is 3. The van der Waals surface area contributed by atoms with E-state index in [-0.39, 0.29) is 85.9 Å². The fourth-order valence-electron chi connectivity index (χ4n) is 15.4. The number of cyclic esters (lactones) is 2. The Morgan fingerprint density at radius 1 is 0.331 bits per heavy atom. The summed E-state index contributed by atoms with van der Waals surface area (Å²) in [6.07, 6.45) is 14.8. The molecule has 142 heavy (non-hydrogen) atoms. The highest BCUT2D eigenvalue weighted by Gasteiger charge is 2.50. The van der Waals surface area contributed by atoms with Crippen molar-refractivity contribution in [3.8, 4) is 34.5 Å². The summed E-state index contributed by atoms with van der Waals surface area (Å²) in [6, 6.07) is 42.3. The third-order valence-electron chi connectivity index (χ3n) is 22.3. The number of esters is 2. The standard InChI is InChI=1S/C20H24O3.2C19H25NO4.C19H23NO4.C19H24O5.C19H22O4/c1-13(2)9-10-23-16-7-5-15(6-8-16)20-17(11-14(3)4)18(21)12-19(20)22;3*1-12(2)9-10-24-15-7-5-14(6-8-15)17-16(11-13(3)4)18(21)20(23)19(17)22;1-12(2)9-10-24-15-7-5-14(6-8-15)17(19(22)23)16(18(20)21)11-13(3)4;1-12(2)9-10-22-15-7-5-14(6-8-15)17-16(11-13(3)4)18(20)23-19(17)21/h5-9,14H,10-12H2,1-4H3;2*5-9,13,16-17,23H,10-11H2,1-4H3;5-9,13,23H,10-11H2,1-4H3;5-9,13H,10-11H2,1-4H3,(H,20,21)(H,22,23);5-9,13H,10-11H2,1-4H3/b;;;;17-16-;/t;16-,17+;16-,17-;;;/m.01.../s1. The first-order valence-corrected chi connectivity index (χ1v) is 48.0. The number of hydrogen-bond donors (Lipinski definition) is 5. The van der Waals surface area contributed by atoms with Crippen molar-refractivity contribution in [2.45, 2.75) is 223 Å². The molecule has 4 atom stereocenters. The number of allylic oxidation sites excluding steroid dienone is 8. The second-order valence-corrected chi connectivity index (χ2v) is 39.2. The number of carboxylic acid groups (broad SMARTS) is 2. The topological polar surface area (TPSA) is 380 Å². The van der Waals surface area contributed by atoms with Gasteiger partial charge in [0.05, 0.1) is 58.0 Å². The van der Waals surface area contributed by atoms with Crippen LogP contribution in [0.2, 0.25) is 0 Å². The van der Waals surface area contributed by atoms with Crippen LogP contribution in [-0.4, -0.2) is 152 Å². The summed E-state index contributed by atoms with van der Waals surface area (Å²) in [4.78, 5) is 144. The third-order valence-corrected chi connectivity index (χ3v) is 22.3. The summed E-state index contributed by atoms with van der Waals surface area (Å²) >= 11 is 0. The molecule has 2 saturated heterocycles. The van der Waals surface area contributed by atoms with Crippen molar-refractivity contribution in [1.29, 1.82) is 0 Å². The minimum absolute atomic E-state index is 0.0101. The van der Waals surface area contributed by atoms with E-state index >= 15 is 0 Å². The van der Waals surface area contributed by atoms with Crippen molar-refractivity contribution in [2.24, 2.45) is 47.3 Å². The number of rotatable bonds is 38. The van der Waals surface area contributed by atoms with Crippen molar-refractivity contribution in [2.75, 3.05) is 39.6 Å². The van der Waals surface area contributed by atoms with Gasteiger partial charge in [0.1, 0.15) is 74.1 Å². The molecule has 4 heterocycles. The van der Waals surface area contributed by atoms with E-state index in [0.717, 1.165) is 33.8 Å². The second kappa shape index (κ2) is 56.6. The molecule has 11 rings (SSSR count). The summed E-state index contributed by atoms with van der Waals surface area (Å²) in [5.74, 6) is -3.82. The predicted molar refractivity (Wildman–Crippen MR) is 547 cm³/mol. The average molecular weight is 1950 g/mol. The molecule has 1 aliphatic carbocycles. The van der Waals surface area contributed by atoms with Crippen LogP contribution in [-0.2, 0) is 62.3 Å². The van der Waals surface area contributed by atoms with Gasteiger partial charge >= 0.3 is 23.9 Å². The summed E-state index contributed by atoms with van der Waals surface area (Å²) in [5, 5.41) is 48.7. The third kappa shape index (κ3) is 36.1. The molecular formula is C115H143N3O24. The van der Waals surface area contributed by atoms with E-state index in [4.69, 9.17) is 33.2 Å². The van der Waals surface area contributed by atoms with E-state index in [1.54, 1.807) is 121 Å². The molecular weight excluding hydrogens is 1810 g/mol. The van der Waals surface area contributed by atoms with Gasteiger partial charge in [-0.1, -0.05) is 189 Å². The molecule has 0 unspecified atom stereocenters. The average Bonchev–Trinajstić information content (AvgIpc) is 1.65. The largest absolute Gasteiger partial charge is 0.490 e. The minimum atomic E-state index is -1.24. The van der Waals surface area contributed by atoms with Crippen molar-refractivity contribution in [3.05, 3.63) is 271 Å². The van der Waals surface area contributed by atoms with Crippen LogP contribution in [0.1, 0.15) is 256 Å². The van der Waals surface area contributed by atoms with Gasteiger partial charge in [-0.05, 0) is 300 Å². The number of hydrogen-bond acceptors (Lipinski definition) is 22. The first-order valence-electron chi connectivity index (χ1n) is 48.0. The highest BCUT2D eigenvalue weighted by Crippen LogP contribution is 2.42. The highest BCUT2D eigenvalue weighted by molar-refractivity contribution is 6.38. The van der Waals surface area contributed by atoms with Crippen LogP contribution in [0.4, 0.5) is 0 Å². The summed E-state index contributed by atoms with van der Waals surface area (Å²) in [5.41, 5.74) is 13.5. The lowest BCUT2D eigenvalue weighted by molar-refractivity contribution is -0.173. The Morgan fingerprint density at radius 2 is 0.627 bits per heavy atom. The van der Waals surface area contributed by atoms with Gasteiger partial charge in [-0.2, -0.15) is 10.1 Å². The molecule has 6 aromatic carbocycles. The number of amides is 6. The lowest BCUT2D eigenvalue weighted by Crippen LogP contribution is -2.27. The van der Waals surface area contributed by atoms with E-state index in [1.165, 1.54) is 27.9 Å². The zero-order valence-electron chi connectivity index (χ0n) is 86.6. The molecule has 6 amide bonds. The minimum Gasteiger partial charge on any atom is -0.490 e. The zero-order chi connectivity index (χ0) is 106. The van der Waals surface area contributed by atoms with Crippen LogP contribution in [0.25, 0.3) is 22.3 Å². The van der Waals surface area contributed by atoms with Crippen LogP contribution >= 0.6 is 0 Å². The van der Waals surface area contributed by atoms with Gasteiger partial charge in [0.25, 0.3) is 35.4 Å². The summed E-state index contributed by atoms with van der Waals surface area (Å²) in [6.45, 7) is 50.7. The molecule has 0 aromatic heterocycles. The molecule has 27 heteroatoms. The lowest BCUT2D eigenvalue weighted by Gasteiger charge is -2.17. The SMILES string of the molecule is CC(C)=CCOc1ccc(/C(C(=O)O)=C(\CC(C)C)C(=O)O)cc1.CC(C)=CCOc1ccc(C2=C(CC(C)C)C(=O)CC2=O)cc1.CC(C)=CCOc1ccc(C2=C(CC(C)C)C(=O)N(O)C2=O)cc1.CC(C)=CCOc1ccc(C2=C(CC(C)C)C(=O)OC2=O)cc1.CC(C)=CCOc1ccc([C@H]2C(=O)N(O)C(=O)[C@@H]2CC(C)C)cc1.CC(C)=CCOc1ccc([C@H]2C(=O)N(O)C(=O)[C@H]2CC(C)C)cc1. The molecule has 6 aromatic rings. The Hall–Kier alpha value is -13.8. The van der Waals surface area contributed by atoms with Gasteiger partial charge in [0, 0.05) is 16.7 Å². The van der Waals surface area contributed by atoms with Crippen LogP contribution in [0.15, 0.2) is 238 Å². The van der Waals surface area contributed by atoms with E-state index in [2.05, 4.69) is 13.8 Å². The molecule has 27 nitrogen and oxygen atoms in total. The monoisotopic (exact) mass is 1950 g/mol. The Labute approximate surface area is 835 Å². The number of benzene rings is 6. The molecule has 0 saturated carbocycles. The number of Topliss-reactive ketones (excluding diaryl/α,β-unsaturated/α-hetero) is 2. The second-order valence-electron chi connectivity index (χ2n) is 39.2. The van der Waals surface area contributed by atoms with Crippen molar-refractivity contribution >= 4 is 93.2 Å². The molecule has 762 valence electrons. The zero-order valence-corrected chi connectivity index (χ0v) is 86.6. The Morgan fingerprint density at radius 3 is 0.923 bits per heavy atom. The maximum atomic E-state index is 12.3. The molecule has 0 radical (unpaired) electrons. The van der Waals surface area contributed by atoms with Gasteiger partial charge in [-0.15, -0.1) is 5.06 Å². The first kappa shape index (κ1) is 117. The normalized spacial score (nSPS) is 16.1. The Bertz CT molecular complexity index is 5510. The van der Waals surface area contributed by atoms with Crippen LogP contribution in [0, 0.1) is 47.3 Å². The van der Waals surface area contributed by atoms with Crippen molar-refractivity contribution in [3.63, 3.8) is 0 Å². The molecule has 4 aliphatic heterocycles. The molecule has 0 spiro atoms. The fourth-order valence-corrected chi connectivity index (χ4v) is 15.4. The predicted octanol–water partition coefficient (Wildman–Crippen LogP) is 22.9. The molecule has 5 N–H and O–H groups in total. The quantitative estimate of drug-likeness (QED) is 0.00600. The lowest BCUT2D eigenvalue weighted by atomic mass is 9.83. The maximum absolute atomic E-state index is 12.3. The Balaban J connectivity index is 0.000000261. The number of imide groups is 3. The number of ether oxygens (including phenoxy) is 7. The number of carbonyl (C=O) groups is 12. The van der Waals surface area contributed by atoms with Gasteiger partial charge in [-0.25, -0.2) is 19.2 Å². The van der Waals surface area contributed by atoms with Crippen molar-refractivity contribution in [1.82, 2.24) is 15.2 Å². The van der Waals surface area contributed by atoms with Crippen LogP contribution in [0.5, 0.6) is 34.5 Å². The first-order chi connectivity index (χ1) is 66.9. The maximum Gasteiger partial charge on any atom is 0.347 e. The van der Waals surface area contributed by atoms with E-state index in [1.807, 2.05) is 213 Å². The number of carboxylic acids is 2. The number of aliphatic carboxylic acids is 2. The molecule has 2 fully saturated rings. The number of hydroxylamine groups is 6. The Kier molecular flexibility index (Phi) is 46.6. The summed E-state index contributed by atoms with van der Waals surface area (Å²) < 4.78 is 38.3. The highest BCUT2D eigenvalue weighted by atomic mass is 16.6. The van der Waals surface area contributed by atoms with Gasteiger partial charge < -0.3 is 43.4 Å². The van der Waals surface area contributed by atoms with Crippen LogP contribution < -0.4 is 28.4 Å². The van der Waals surface area contributed by atoms with Gasteiger partial charge in [-0.3, -0.25) is 54.0 Å². The van der Waals surface area contributed by atoms with Crippen LogP contribution in [0.3, 0.4) is 0 Å². The van der Waals surface area contributed by atoms with E-state index < -0.39 is 83.0 Å². The van der Waals surface area contributed by atoms with Gasteiger partial charge in [0.15, 0.2) is 11.6 Å². The number of ketones is 2. The van der Waals surface area contributed by atoms with Gasteiger partial charge in [0.2, 0.25) is 0 Å². The van der Waals surface area contributed by atoms with E-state index in [0.29, 0.717) is 145 Å². The molecule has 0 bridgehead atoms. The summed E-state index contributed by atoms with van der Waals surface area (Å²) in [7, 11) is 0. The number of carbonyl (C=O) groups excluding carboxylic acids is 10. The van der Waals surface area contributed by atoms with Crippen molar-refractivity contribution < 1.29 is 117 Å². The van der Waals surface area contributed by atoms with E-state index in [9.17, 15) is 83.4 Å². The smallest absolute Gasteiger partial charge is 0.347 e.